The number of aryl methyl sites for hydroxylation is 1. The van der Waals surface area contributed by atoms with E-state index in [4.69, 9.17) is 0 Å². The highest BCUT2D eigenvalue weighted by atomic mass is 16.6. The van der Waals surface area contributed by atoms with Crippen LogP contribution in [0.1, 0.15) is 26.0 Å². The van der Waals surface area contributed by atoms with Crippen molar-refractivity contribution in [1.29, 1.82) is 0 Å². The molecule has 1 aromatic heterocycles. The second kappa shape index (κ2) is 6.17. The summed E-state index contributed by atoms with van der Waals surface area (Å²) in [6.07, 6.45) is 1.13. The first kappa shape index (κ1) is 14.7. The van der Waals surface area contributed by atoms with E-state index in [9.17, 15) is 10.1 Å². The molecule has 0 amide bonds. The van der Waals surface area contributed by atoms with E-state index in [0.717, 1.165) is 31.7 Å². The number of nitrogens with zero attached hydrogens (tertiary/aromatic N) is 3. The molecule has 0 radical (unpaired) electrons. The lowest BCUT2D eigenvalue weighted by molar-refractivity contribution is -0.384. The lowest BCUT2D eigenvalue weighted by atomic mass is 10.1. The molecule has 0 aromatic carbocycles. The maximum atomic E-state index is 11.0. The number of hydrogen-bond donors (Lipinski definition) is 1. The first-order valence-corrected chi connectivity index (χ1v) is 7.07. The fraction of sp³-hybridized carbons (Fsp3) is 0.643. The minimum absolute atomic E-state index is 0.0503. The summed E-state index contributed by atoms with van der Waals surface area (Å²) in [6.45, 7) is 9.12. The molecule has 6 nitrogen and oxygen atoms in total. The Balaban J connectivity index is 1.98. The maximum Gasteiger partial charge on any atom is 0.311 e. The molecule has 1 N–H and O–H groups in total. The number of hydrogen-bond acceptors (Lipinski definition) is 5. The third kappa shape index (κ3) is 3.45. The Labute approximate surface area is 119 Å². The quantitative estimate of drug-likeness (QED) is 0.661. The van der Waals surface area contributed by atoms with E-state index in [2.05, 4.69) is 29.0 Å². The first-order chi connectivity index (χ1) is 9.47. The van der Waals surface area contributed by atoms with Gasteiger partial charge in [-0.15, -0.1) is 0 Å². The van der Waals surface area contributed by atoms with Crippen LogP contribution in [0, 0.1) is 23.0 Å². The molecular formula is C14H22N4O2. The molecule has 1 unspecified atom stereocenters. The van der Waals surface area contributed by atoms with E-state index < -0.39 is 0 Å². The molecule has 1 fully saturated rings. The van der Waals surface area contributed by atoms with Crippen molar-refractivity contribution in [3.63, 3.8) is 0 Å². The molecule has 20 heavy (non-hydrogen) atoms. The third-order valence-electron chi connectivity index (χ3n) is 3.82. The monoisotopic (exact) mass is 278 g/mol. The second-order valence-corrected chi connectivity index (χ2v) is 5.70. The average molecular weight is 278 g/mol. The smallest absolute Gasteiger partial charge is 0.311 e. The van der Waals surface area contributed by atoms with Crippen molar-refractivity contribution in [2.45, 2.75) is 33.2 Å². The molecule has 1 saturated heterocycles. The van der Waals surface area contributed by atoms with E-state index in [1.807, 2.05) is 6.92 Å². The molecule has 2 heterocycles. The molecule has 0 saturated carbocycles. The number of nitrogens with one attached hydrogen (secondary N) is 1. The van der Waals surface area contributed by atoms with E-state index in [-0.39, 0.29) is 10.6 Å². The van der Waals surface area contributed by atoms with Crippen molar-refractivity contribution in [3.8, 4) is 0 Å². The highest BCUT2D eigenvalue weighted by molar-refractivity contribution is 5.56. The zero-order valence-electron chi connectivity index (χ0n) is 12.3. The van der Waals surface area contributed by atoms with Gasteiger partial charge in [0, 0.05) is 30.9 Å². The lowest BCUT2D eigenvalue weighted by Gasteiger charge is -2.20. The van der Waals surface area contributed by atoms with Crippen molar-refractivity contribution in [3.05, 3.63) is 27.9 Å². The Morgan fingerprint density at radius 1 is 1.55 bits per heavy atom. The van der Waals surface area contributed by atoms with Gasteiger partial charge in [0.15, 0.2) is 0 Å². The van der Waals surface area contributed by atoms with Crippen LogP contribution in [0.25, 0.3) is 0 Å². The van der Waals surface area contributed by atoms with Crippen LogP contribution in [0.2, 0.25) is 0 Å². The second-order valence-electron chi connectivity index (χ2n) is 5.70. The molecule has 1 aliphatic rings. The van der Waals surface area contributed by atoms with Gasteiger partial charge in [-0.05, 0) is 45.7 Å². The number of aromatic nitrogens is 1. The summed E-state index contributed by atoms with van der Waals surface area (Å²) in [5.41, 5.74) is 0.836. The maximum absolute atomic E-state index is 11.0. The molecule has 110 valence electrons. The van der Waals surface area contributed by atoms with Crippen molar-refractivity contribution in [1.82, 2.24) is 9.88 Å². The average Bonchev–Trinajstić information content (AvgIpc) is 2.85. The van der Waals surface area contributed by atoms with E-state index in [1.165, 1.54) is 6.07 Å². The normalized spacial score (nSPS) is 19.5. The van der Waals surface area contributed by atoms with Crippen LogP contribution in [0.3, 0.4) is 0 Å². The Bertz CT molecular complexity index is 490. The number of rotatable bonds is 5. The van der Waals surface area contributed by atoms with Crippen LogP contribution in [0.15, 0.2) is 12.1 Å². The van der Waals surface area contributed by atoms with Gasteiger partial charge in [-0.2, -0.15) is 0 Å². The molecule has 2 rings (SSSR count). The first-order valence-electron chi connectivity index (χ1n) is 7.07. The van der Waals surface area contributed by atoms with Crippen LogP contribution >= 0.6 is 0 Å². The number of pyridine rings is 1. The Morgan fingerprint density at radius 3 is 2.90 bits per heavy atom. The van der Waals surface area contributed by atoms with Gasteiger partial charge >= 0.3 is 5.69 Å². The van der Waals surface area contributed by atoms with Crippen molar-refractivity contribution in [2.75, 3.05) is 25.0 Å². The van der Waals surface area contributed by atoms with Crippen LogP contribution in [0.5, 0.6) is 0 Å². The molecule has 1 aromatic rings. The predicted octanol–water partition coefficient (Wildman–Crippen LogP) is 2.44. The summed E-state index contributed by atoms with van der Waals surface area (Å²) in [5, 5.41) is 14.1. The topological polar surface area (TPSA) is 71.3 Å². The molecule has 0 bridgehead atoms. The van der Waals surface area contributed by atoms with Gasteiger partial charge in [0.2, 0.25) is 5.82 Å². The number of anilines is 1. The van der Waals surface area contributed by atoms with E-state index >= 15 is 0 Å². The minimum Gasteiger partial charge on any atom is -0.364 e. The van der Waals surface area contributed by atoms with Gasteiger partial charge in [-0.3, -0.25) is 10.1 Å². The Kier molecular flexibility index (Phi) is 4.54. The molecule has 6 heteroatoms. The molecule has 1 aliphatic heterocycles. The van der Waals surface area contributed by atoms with Gasteiger partial charge in [0.25, 0.3) is 0 Å². The van der Waals surface area contributed by atoms with Gasteiger partial charge in [0.05, 0.1) is 4.92 Å². The highest BCUT2D eigenvalue weighted by Crippen LogP contribution is 2.24. The van der Waals surface area contributed by atoms with Gasteiger partial charge < -0.3 is 10.2 Å². The molecule has 0 spiro atoms. The number of likely N-dealkylation sites (tertiary alicyclic amines) is 1. The summed E-state index contributed by atoms with van der Waals surface area (Å²) >= 11 is 0. The predicted molar refractivity (Wildman–Crippen MR) is 78.9 cm³/mol. The van der Waals surface area contributed by atoms with Crippen molar-refractivity contribution in [2.24, 2.45) is 5.92 Å². The van der Waals surface area contributed by atoms with Crippen LogP contribution in [0.4, 0.5) is 11.5 Å². The van der Waals surface area contributed by atoms with E-state index in [0.29, 0.717) is 17.8 Å². The summed E-state index contributed by atoms with van der Waals surface area (Å²) in [6, 6.07) is 3.74. The summed E-state index contributed by atoms with van der Waals surface area (Å²) in [5.74, 6) is 0.914. The summed E-state index contributed by atoms with van der Waals surface area (Å²) in [4.78, 5) is 17.3. The van der Waals surface area contributed by atoms with Crippen LogP contribution in [-0.4, -0.2) is 40.5 Å². The Hall–Kier alpha value is -1.69. The Morgan fingerprint density at radius 2 is 2.30 bits per heavy atom. The van der Waals surface area contributed by atoms with Crippen molar-refractivity contribution < 1.29 is 4.92 Å². The highest BCUT2D eigenvalue weighted by Gasteiger charge is 2.25. The number of nitro groups is 1. The molecule has 0 aliphatic carbocycles. The summed E-state index contributed by atoms with van der Waals surface area (Å²) < 4.78 is 0. The van der Waals surface area contributed by atoms with Gasteiger partial charge in [-0.1, -0.05) is 0 Å². The fourth-order valence-corrected chi connectivity index (χ4v) is 2.57. The lowest BCUT2D eigenvalue weighted by Crippen LogP contribution is -2.29. The van der Waals surface area contributed by atoms with Crippen LogP contribution in [-0.2, 0) is 0 Å². The zero-order valence-corrected chi connectivity index (χ0v) is 12.3. The zero-order chi connectivity index (χ0) is 14.7. The van der Waals surface area contributed by atoms with Gasteiger partial charge in [-0.25, -0.2) is 4.98 Å². The van der Waals surface area contributed by atoms with Crippen molar-refractivity contribution >= 4 is 11.5 Å². The SMILES string of the molecule is Cc1ccc([N+](=O)[O-])c(NCC2CCN(C(C)C)C2)n1. The molecule has 1 atom stereocenters. The minimum atomic E-state index is -0.385. The van der Waals surface area contributed by atoms with Crippen LogP contribution < -0.4 is 5.32 Å². The third-order valence-corrected chi connectivity index (χ3v) is 3.82. The summed E-state index contributed by atoms with van der Waals surface area (Å²) in [7, 11) is 0. The van der Waals surface area contributed by atoms with Gasteiger partial charge in [0.1, 0.15) is 0 Å². The standard InChI is InChI=1S/C14H22N4O2/c1-10(2)17-7-6-12(9-17)8-15-14-13(18(19)20)5-4-11(3)16-14/h4-5,10,12H,6-9H2,1-3H3,(H,15,16). The largest absolute Gasteiger partial charge is 0.364 e. The van der Waals surface area contributed by atoms with E-state index in [1.54, 1.807) is 6.07 Å². The fourth-order valence-electron chi connectivity index (χ4n) is 2.57. The molecular weight excluding hydrogens is 256 g/mol.